The summed E-state index contributed by atoms with van der Waals surface area (Å²) in [5.74, 6) is 1.09. The molecule has 2 N–H and O–H groups in total. The summed E-state index contributed by atoms with van der Waals surface area (Å²) in [4.78, 5) is 10.4. The molecule has 3 rings (SSSR count). The van der Waals surface area contributed by atoms with E-state index < -0.39 is 5.60 Å². The zero-order valence-electron chi connectivity index (χ0n) is 14.4. The Morgan fingerprint density at radius 2 is 2.00 bits per heavy atom. The van der Waals surface area contributed by atoms with E-state index in [1.807, 2.05) is 6.20 Å². The first-order valence-electron chi connectivity index (χ1n) is 9.08. The number of aromatic nitrogens is 2. The molecule has 4 nitrogen and oxygen atoms in total. The van der Waals surface area contributed by atoms with Crippen molar-refractivity contribution in [3.8, 4) is 0 Å². The van der Waals surface area contributed by atoms with E-state index >= 15 is 0 Å². The molecule has 126 valence electrons. The molecule has 23 heavy (non-hydrogen) atoms. The van der Waals surface area contributed by atoms with Crippen molar-refractivity contribution in [2.75, 3.05) is 18.0 Å². The van der Waals surface area contributed by atoms with E-state index in [1.165, 1.54) is 24.6 Å². The molecule has 0 bridgehead atoms. The molecule has 3 heterocycles. The van der Waals surface area contributed by atoms with Crippen molar-refractivity contribution in [3.05, 3.63) is 24.0 Å². The average Bonchev–Trinajstić information content (AvgIpc) is 2.96. The van der Waals surface area contributed by atoms with Crippen LogP contribution in [0.25, 0.3) is 10.9 Å². The standard InChI is InChI=1S/C19H29N3O/c1-3-8-19(23,4-2)13-16-11-15-12-18(20-14-17(15)21-16)22-9-6-5-7-10-22/h11-12,14,21,23H,3-10,13H2,1-2H3. The van der Waals surface area contributed by atoms with Gasteiger partial charge < -0.3 is 15.0 Å². The molecule has 0 spiro atoms. The minimum absolute atomic E-state index is 0.598. The van der Waals surface area contributed by atoms with Crippen LogP contribution >= 0.6 is 0 Å². The number of fused-ring (bicyclic) bond motifs is 1. The van der Waals surface area contributed by atoms with Gasteiger partial charge in [0.2, 0.25) is 0 Å². The van der Waals surface area contributed by atoms with Crippen LogP contribution in [-0.4, -0.2) is 33.8 Å². The fourth-order valence-corrected chi connectivity index (χ4v) is 3.68. The summed E-state index contributed by atoms with van der Waals surface area (Å²) < 4.78 is 0. The van der Waals surface area contributed by atoms with Gasteiger partial charge in [0.1, 0.15) is 5.82 Å². The minimum atomic E-state index is -0.598. The van der Waals surface area contributed by atoms with Gasteiger partial charge in [-0.1, -0.05) is 20.3 Å². The molecule has 0 amide bonds. The van der Waals surface area contributed by atoms with Crippen LogP contribution in [-0.2, 0) is 6.42 Å². The summed E-state index contributed by atoms with van der Waals surface area (Å²) >= 11 is 0. The van der Waals surface area contributed by atoms with Crippen molar-refractivity contribution >= 4 is 16.7 Å². The van der Waals surface area contributed by atoms with Gasteiger partial charge in [-0.25, -0.2) is 4.98 Å². The number of aromatic amines is 1. The van der Waals surface area contributed by atoms with Crippen LogP contribution in [0.15, 0.2) is 18.3 Å². The van der Waals surface area contributed by atoms with Crippen molar-refractivity contribution in [2.45, 2.75) is 64.4 Å². The Balaban J connectivity index is 1.81. The lowest BCUT2D eigenvalue weighted by atomic mass is 9.90. The average molecular weight is 315 g/mol. The van der Waals surface area contributed by atoms with Crippen molar-refractivity contribution in [3.63, 3.8) is 0 Å². The van der Waals surface area contributed by atoms with Gasteiger partial charge in [0.25, 0.3) is 0 Å². The van der Waals surface area contributed by atoms with Crippen molar-refractivity contribution in [1.29, 1.82) is 0 Å². The lowest BCUT2D eigenvalue weighted by Gasteiger charge is -2.27. The van der Waals surface area contributed by atoms with E-state index in [1.54, 1.807) is 0 Å². The monoisotopic (exact) mass is 315 g/mol. The zero-order valence-corrected chi connectivity index (χ0v) is 14.4. The summed E-state index contributed by atoms with van der Waals surface area (Å²) in [7, 11) is 0. The molecular weight excluding hydrogens is 286 g/mol. The molecule has 0 radical (unpaired) electrons. The van der Waals surface area contributed by atoms with Crippen LogP contribution in [0, 0.1) is 0 Å². The number of hydrogen-bond donors (Lipinski definition) is 2. The Morgan fingerprint density at radius 1 is 1.22 bits per heavy atom. The molecule has 1 aliphatic heterocycles. The minimum Gasteiger partial charge on any atom is -0.389 e. The molecule has 0 saturated carbocycles. The molecular formula is C19H29N3O. The highest BCUT2D eigenvalue weighted by molar-refractivity contribution is 5.82. The number of H-pyrrole nitrogens is 1. The Morgan fingerprint density at radius 3 is 2.70 bits per heavy atom. The first-order valence-corrected chi connectivity index (χ1v) is 9.08. The maximum absolute atomic E-state index is 10.7. The van der Waals surface area contributed by atoms with Gasteiger partial charge in [-0.05, 0) is 44.2 Å². The number of aliphatic hydroxyl groups is 1. The van der Waals surface area contributed by atoms with Crippen molar-refractivity contribution < 1.29 is 5.11 Å². The quantitative estimate of drug-likeness (QED) is 0.846. The van der Waals surface area contributed by atoms with Gasteiger partial charge in [0.15, 0.2) is 0 Å². The molecule has 1 aliphatic rings. The zero-order chi connectivity index (χ0) is 16.3. The highest BCUT2D eigenvalue weighted by Crippen LogP contribution is 2.27. The van der Waals surface area contributed by atoms with Crippen LogP contribution in [0.3, 0.4) is 0 Å². The Labute approximate surface area is 138 Å². The van der Waals surface area contributed by atoms with Gasteiger partial charge >= 0.3 is 0 Å². The smallest absolute Gasteiger partial charge is 0.129 e. The maximum Gasteiger partial charge on any atom is 0.129 e. The van der Waals surface area contributed by atoms with E-state index in [0.717, 1.165) is 49.4 Å². The summed E-state index contributed by atoms with van der Waals surface area (Å²) in [6.07, 6.45) is 9.12. The number of nitrogens with one attached hydrogen (secondary N) is 1. The molecule has 2 aromatic heterocycles. The van der Waals surface area contributed by atoms with Gasteiger partial charge in [-0.2, -0.15) is 0 Å². The fraction of sp³-hybridized carbons (Fsp3) is 0.632. The van der Waals surface area contributed by atoms with Crippen LogP contribution in [0.5, 0.6) is 0 Å². The fourth-order valence-electron chi connectivity index (χ4n) is 3.68. The normalized spacial score (nSPS) is 18.3. The van der Waals surface area contributed by atoms with E-state index in [2.05, 4.69) is 40.8 Å². The molecule has 1 atom stereocenters. The van der Waals surface area contributed by atoms with Crippen LogP contribution in [0.2, 0.25) is 0 Å². The van der Waals surface area contributed by atoms with Gasteiger partial charge in [0.05, 0.1) is 17.3 Å². The second kappa shape index (κ2) is 6.91. The summed E-state index contributed by atoms with van der Waals surface area (Å²) in [6.45, 7) is 6.42. The topological polar surface area (TPSA) is 52.1 Å². The number of nitrogens with zero attached hydrogens (tertiary/aromatic N) is 2. The first-order chi connectivity index (χ1) is 11.1. The molecule has 1 fully saturated rings. The number of piperidine rings is 1. The number of anilines is 1. The van der Waals surface area contributed by atoms with Crippen LogP contribution in [0.1, 0.15) is 58.1 Å². The highest BCUT2D eigenvalue weighted by Gasteiger charge is 2.25. The summed E-state index contributed by atoms with van der Waals surface area (Å²) in [5, 5.41) is 11.9. The van der Waals surface area contributed by atoms with Gasteiger partial charge in [-0.15, -0.1) is 0 Å². The van der Waals surface area contributed by atoms with Gasteiger partial charge in [-0.3, -0.25) is 0 Å². The summed E-state index contributed by atoms with van der Waals surface area (Å²) in [6, 6.07) is 4.37. The third-order valence-electron chi connectivity index (χ3n) is 5.12. The summed E-state index contributed by atoms with van der Waals surface area (Å²) in [5.41, 5.74) is 1.57. The molecule has 1 saturated heterocycles. The van der Waals surface area contributed by atoms with E-state index in [4.69, 9.17) is 0 Å². The lowest BCUT2D eigenvalue weighted by molar-refractivity contribution is 0.0263. The predicted octanol–water partition coefficient (Wildman–Crippen LogP) is 4.04. The SMILES string of the molecule is CCCC(O)(CC)Cc1cc2cc(N3CCCCC3)ncc2[nH]1. The largest absolute Gasteiger partial charge is 0.389 e. The van der Waals surface area contributed by atoms with E-state index in [0.29, 0.717) is 6.42 Å². The predicted molar refractivity (Wildman–Crippen MR) is 96.0 cm³/mol. The molecule has 2 aromatic rings. The van der Waals surface area contributed by atoms with Gasteiger partial charge in [0, 0.05) is 30.6 Å². The van der Waals surface area contributed by atoms with E-state index in [9.17, 15) is 5.11 Å². The van der Waals surface area contributed by atoms with Crippen molar-refractivity contribution in [2.24, 2.45) is 0 Å². The van der Waals surface area contributed by atoms with Crippen molar-refractivity contribution in [1.82, 2.24) is 9.97 Å². The molecule has 0 aliphatic carbocycles. The third-order valence-corrected chi connectivity index (χ3v) is 5.12. The number of hydrogen-bond acceptors (Lipinski definition) is 3. The Bertz CT molecular complexity index is 645. The number of pyridine rings is 1. The Kier molecular flexibility index (Phi) is 4.90. The molecule has 1 unspecified atom stereocenters. The molecule has 0 aromatic carbocycles. The second-order valence-corrected chi connectivity index (χ2v) is 6.98. The number of rotatable bonds is 6. The maximum atomic E-state index is 10.7. The second-order valence-electron chi connectivity index (χ2n) is 6.98. The van der Waals surface area contributed by atoms with Crippen LogP contribution < -0.4 is 4.90 Å². The molecule has 4 heteroatoms. The van der Waals surface area contributed by atoms with Crippen LogP contribution in [0.4, 0.5) is 5.82 Å². The van der Waals surface area contributed by atoms with E-state index in [-0.39, 0.29) is 0 Å². The Hall–Kier alpha value is -1.55. The third kappa shape index (κ3) is 3.69. The first kappa shape index (κ1) is 16.3. The lowest BCUT2D eigenvalue weighted by Crippen LogP contribution is -2.30. The highest BCUT2D eigenvalue weighted by atomic mass is 16.3.